The van der Waals surface area contributed by atoms with E-state index < -0.39 is 35.9 Å². The van der Waals surface area contributed by atoms with E-state index in [1.54, 1.807) is 50.9 Å². The van der Waals surface area contributed by atoms with E-state index in [0.29, 0.717) is 34.1 Å². The third-order valence-corrected chi connectivity index (χ3v) is 7.71. The van der Waals surface area contributed by atoms with Gasteiger partial charge in [0.05, 0.1) is 31.2 Å². The van der Waals surface area contributed by atoms with Gasteiger partial charge in [-0.05, 0) is 63.2 Å². The van der Waals surface area contributed by atoms with Crippen LogP contribution in [0.1, 0.15) is 36.4 Å². The highest BCUT2D eigenvalue weighted by Gasteiger charge is 2.32. The summed E-state index contributed by atoms with van der Waals surface area (Å²) >= 11 is 0. The summed E-state index contributed by atoms with van der Waals surface area (Å²) in [6, 6.07) is 7.14. The summed E-state index contributed by atoms with van der Waals surface area (Å²) < 4.78 is 50.2. The zero-order valence-corrected chi connectivity index (χ0v) is 26.1. The molecule has 3 atom stereocenters. The van der Waals surface area contributed by atoms with Crippen molar-refractivity contribution in [3.63, 3.8) is 0 Å². The van der Waals surface area contributed by atoms with Crippen molar-refractivity contribution in [2.24, 2.45) is 5.92 Å². The molecule has 0 bridgehead atoms. The number of halogens is 3. The Labute approximate surface area is 263 Å². The fourth-order valence-electron chi connectivity index (χ4n) is 4.98. The number of ether oxygens (including phenoxy) is 1. The van der Waals surface area contributed by atoms with Gasteiger partial charge in [-0.15, -0.1) is 0 Å². The average Bonchev–Trinajstić information content (AvgIpc) is 3.33. The fraction of sp³-hybridized carbons (Fsp3) is 0.419. The second-order valence-electron chi connectivity index (χ2n) is 11.4. The van der Waals surface area contributed by atoms with E-state index in [4.69, 9.17) is 9.26 Å². The van der Waals surface area contributed by atoms with Crippen molar-refractivity contribution in [3.8, 4) is 5.75 Å². The minimum atomic E-state index is -4.50. The van der Waals surface area contributed by atoms with Crippen molar-refractivity contribution < 1.29 is 41.9 Å². The Hall–Kier alpha value is -4.79. The van der Waals surface area contributed by atoms with Gasteiger partial charge in [0.15, 0.2) is 5.76 Å². The minimum Gasteiger partial charge on any atom is -0.488 e. The van der Waals surface area contributed by atoms with Crippen molar-refractivity contribution in [1.29, 1.82) is 0 Å². The summed E-state index contributed by atoms with van der Waals surface area (Å²) in [6.45, 7) is 7.14. The molecule has 15 heteroatoms. The normalized spacial score (nSPS) is 17.5. The van der Waals surface area contributed by atoms with Crippen molar-refractivity contribution in [1.82, 2.24) is 15.0 Å². The maximum Gasteiger partial charge on any atom is 0.416 e. The van der Waals surface area contributed by atoms with Crippen LogP contribution in [-0.4, -0.2) is 76.9 Å². The molecule has 0 unspecified atom stereocenters. The molecule has 12 nitrogen and oxygen atoms in total. The van der Waals surface area contributed by atoms with Crippen molar-refractivity contribution in [2.45, 2.75) is 52.4 Å². The lowest BCUT2D eigenvalue weighted by Crippen LogP contribution is -2.48. The SMILES string of the molecule is Cc1noc(C)c1NC(=O)N(C)C[C@@H]1Oc2ccc(NC(=O)Nc3ccc(C(F)(F)F)cc3)cc2CC(=O)N([C@H](C)CO)C[C@H]1C. The number of anilines is 3. The zero-order valence-electron chi connectivity index (χ0n) is 26.1. The average molecular weight is 647 g/mol. The Balaban J connectivity index is 1.54. The van der Waals surface area contributed by atoms with E-state index in [0.717, 1.165) is 24.3 Å². The maximum atomic E-state index is 13.5. The van der Waals surface area contributed by atoms with Gasteiger partial charge in [-0.3, -0.25) is 4.79 Å². The lowest BCUT2D eigenvalue weighted by atomic mass is 10.0. The molecule has 0 spiro atoms. The van der Waals surface area contributed by atoms with Crippen LogP contribution in [0.3, 0.4) is 0 Å². The number of nitrogens with zero attached hydrogens (tertiary/aromatic N) is 3. The van der Waals surface area contributed by atoms with E-state index in [1.807, 2.05) is 6.92 Å². The first kappa shape index (κ1) is 34.1. The molecule has 3 aromatic rings. The van der Waals surface area contributed by atoms with Crippen molar-refractivity contribution in [3.05, 3.63) is 65.0 Å². The number of fused-ring (bicyclic) bond motifs is 1. The lowest BCUT2D eigenvalue weighted by Gasteiger charge is -2.34. The summed E-state index contributed by atoms with van der Waals surface area (Å²) in [5, 5.41) is 21.6. The first-order valence-electron chi connectivity index (χ1n) is 14.6. The third-order valence-electron chi connectivity index (χ3n) is 7.71. The molecule has 4 rings (SSSR count). The van der Waals surface area contributed by atoms with Crippen molar-refractivity contribution >= 4 is 35.0 Å². The molecule has 46 heavy (non-hydrogen) atoms. The number of amides is 5. The first-order valence-corrected chi connectivity index (χ1v) is 14.6. The predicted octanol–water partition coefficient (Wildman–Crippen LogP) is 5.27. The molecule has 5 amide bonds. The molecule has 1 aliphatic heterocycles. The van der Waals surface area contributed by atoms with E-state index in [-0.39, 0.29) is 43.6 Å². The number of benzene rings is 2. The molecule has 1 aromatic heterocycles. The number of aromatic nitrogens is 1. The first-order chi connectivity index (χ1) is 21.7. The number of nitrogens with one attached hydrogen (secondary N) is 3. The topological polar surface area (TPSA) is 149 Å². The summed E-state index contributed by atoms with van der Waals surface area (Å²) in [6.07, 6.45) is -5.18. The number of urea groups is 2. The number of hydrogen-bond donors (Lipinski definition) is 4. The molecule has 1 aliphatic rings. The molecule has 2 aromatic carbocycles. The van der Waals surface area contributed by atoms with Gasteiger partial charge in [0, 0.05) is 36.4 Å². The zero-order chi connectivity index (χ0) is 33.8. The Bertz CT molecular complexity index is 1540. The monoisotopic (exact) mass is 646 g/mol. The second kappa shape index (κ2) is 14.1. The van der Waals surface area contributed by atoms with Gasteiger partial charge < -0.3 is 40.1 Å². The van der Waals surface area contributed by atoms with Gasteiger partial charge in [-0.25, -0.2) is 9.59 Å². The highest BCUT2D eigenvalue weighted by molar-refractivity contribution is 6.00. The summed E-state index contributed by atoms with van der Waals surface area (Å²) in [4.78, 5) is 42.2. The fourth-order valence-corrected chi connectivity index (χ4v) is 4.98. The molecule has 4 N–H and O–H groups in total. The number of carbonyl (C=O) groups excluding carboxylic acids is 3. The molecular weight excluding hydrogens is 609 g/mol. The standard InChI is InChI=1S/C31H37F3N6O6/c1-17-14-40(18(2)16-41)27(42)13-21-12-24(36-29(43)35-23-8-6-22(7-9-23)31(32,33)34)10-11-25(21)45-26(17)15-39(5)30(44)37-28-19(3)38-46-20(28)4/h6-12,17-18,26,41H,13-16H2,1-5H3,(H,37,44)(H2,35,36,43)/t17-,18-,26+/m1/s1. The highest BCUT2D eigenvalue weighted by atomic mass is 19.4. The largest absolute Gasteiger partial charge is 0.488 e. The minimum absolute atomic E-state index is 0.0997. The van der Waals surface area contributed by atoms with Crippen LogP contribution in [0.5, 0.6) is 5.75 Å². The number of likely N-dealkylation sites (N-methyl/N-ethyl adjacent to an activating group) is 1. The summed E-state index contributed by atoms with van der Waals surface area (Å²) in [7, 11) is 1.61. The van der Waals surface area contributed by atoms with Crippen LogP contribution in [0.4, 0.5) is 39.8 Å². The van der Waals surface area contributed by atoms with E-state index in [1.165, 1.54) is 4.90 Å². The predicted molar refractivity (Wildman–Crippen MR) is 164 cm³/mol. The van der Waals surface area contributed by atoms with Gasteiger partial charge in [0.25, 0.3) is 0 Å². The van der Waals surface area contributed by atoms with Gasteiger partial charge in [-0.2, -0.15) is 13.2 Å². The third kappa shape index (κ3) is 8.27. The quantitative estimate of drug-likeness (QED) is 0.273. The number of rotatable bonds is 7. The Morgan fingerprint density at radius 3 is 2.37 bits per heavy atom. The smallest absolute Gasteiger partial charge is 0.416 e. The van der Waals surface area contributed by atoms with E-state index in [9.17, 15) is 32.7 Å². The Morgan fingerprint density at radius 1 is 1.11 bits per heavy atom. The molecular formula is C31H37F3N6O6. The molecule has 0 saturated heterocycles. The van der Waals surface area contributed by atoms with Gasteiger partial charge >= 0.3 is 18.2 Å². The summed E-state index contributed by atoms with van der Waals surface area (Å²) in [5.41, 5.74) is 1.08. The van der Waals surface area contributed by atoms with Crippen LogP contribution < -0.4 is 20.7 Å². The van der Waals surface area contributed by atoms with Crippen LogP contribution in [-0.2, 0) is 17.4 Å². The summed E-state index contributed by atoms with van der Waals surface area (Å²) in [5.74, 6) is 0.294. The number of aryl methyl sites for hydroxylation is 2. The van der Waals surface area contributed by atoms with Gasteiger partial charge in [0.2, 0.25) is 5.91 Å². The van der Waals surface area contributed by atoms with Gasteiger partial charge in [-0.1, -0.05) is 12.1 Å². The van der Waals surface area contributed by atoms with Crippen LogP contribution >= 0.6 is 0 Å². The van der Waals surface area contributed by atoms with Gasteiger partial charge in [0.1, 0.15) is 23.2 Å². The van der Waals surface area contributed by atoms with Crippen LogP contribution in [0.25, 0.3) is 0 Å². The number of aliphatic hydroxyl groups excluding tert-OH is 1. The highest BCUT2D eigenvalue weighted by Crippen LogP contribution is 2.31. The molecule has 0 saturated carbocycles. The van der Waals surface area contributed by atoms with Crippen LogP contribution in [0.2, 0.25) is 0 Å². The Kier molecular flexibility index (Phi) is 10.5. The van der Waals surface area contributed by atoms with Crippen LogP contribution in [0.15, 0.2) is 47.0 Å². The Morgan fingerprint density at radius 2 is 1.76 bits per heavy atom. The number of aliphatic hydroxyl groups is 1. The molecule has 0 radical (unpaired) electrons. The number of carbonyl (C=O) groups is 3. The number of hydrogen-bond acceptors (Lipinski definition) is 7. The molecule has 0 aliphatic carbocycles. The lowest BCUT2D eigenvalue weighted by molar-refractivity contribution is -0.137. The molecule has 248 valence electrons. The number of alkyl halides is 3. The molecule has 2 heterocycles. The van der Waals surface area contributed by atoms with Crippen LogP contribution in [0, 0.1) is 19.8 Å². The van der Waals surface area contributed by atoms with E-state index >= 15 is 0 Å². The van der Waals surface area contributed by atoms with Crippen molar-refractivity contribution in [2.75, 3.05) is 42.7 Å². The maximum absolute atomic E-state index is 13.5. The van der Waals surface area contributed by atoms with E-state index in [2.05, 4.69) is 21.1 Å². The second-order valence-corrected chi connectivity index (χ2v) is 11.4. The molecule has 0 fully saturated rings.